The molecule has 2 aliphatic heterocycles. The number of piperidine rings is 1. The first-order valence-corrected chi connectivity index (χ1v) is 7.94. The number of likely N-dealkylation sites (tertiary alicyclic amines) is 1. The summed E-state index contributed by atoms with van der Waals surface area (Å²) in [6.45, 7) is 7.88. The second-order valence-corrected chi connectivity index (χ2v) is 6.48. The number of anilines is 1. The second-order valence-electron chi connectivity index (χ2n) is 6.48. The van der Waals surface area contributed by atoms with Gasteiger partial charge in [-0.15, -0.1) is 12.4 Å². The van der Waals surface area contributed by atoms with Gasteiger partial charge < -0.3 is 10.6 Å². The summed E-state index contributed by atoms with van der Waals surface area (Å²) in [4.78, 5) is 14.5. The lowest BCUT2D eigenvalue weighted by atomic mass is 9.93. The number of carbonyl (C=O) groups is 1. The molecule has 2 heterocycles. The van der Waals surface area contributed by atoms with Crippen molar-refractivity contribution in [2.45, 2.75) is 32.7 Å². The van der Waals surface area contributed by atoms with Gasteiger partial charge in [0.15, 0.2) is 0 Å². The van der Waals surface area contributed by atoms with E-state index in [0.717, 1.165) is 31.2 Å². The van der Waals surface area contributed by atoms with E-state index in [9.17, 15) is 4.79 Å². The molecule has 122 valence electrons. The van der Waals surface area contributed by atoms with E-state index in [0.29, 0.717) is 12.6 Å². The predicted octanol–water partition coefficient (Wildman–Crippen LogP) is 2.35. The average Bonchev–Trinajstić information content (AvgIpc) is 2.90. The number of amides is 1. The Morgan fingerprint density at radius 3 is 2.91 bits per heavy atom. The first-order valence-electron chi connectivity index (χ1n) is 7.94. The van der Waals surface area contributed by atoms with Crippen LogP contribution in [0, 0.1) is 19.8 Å². The Bertz CT molecular complexity index is 535. The molecule has 0 aliphatic carbocycles. The van der Waals surface area contributed by atoms with Crippen LogP contribution in [0.5, 0.6) is 0 Å². The average molecular weight is 324 g/mol. The number of halogens is 1. The first kappa shape index (κ1) is 17.3. The van der Waals surface area contributed by atoms with Gasteiger partial charge in [-0.3, -0.25) is 9.69 Å². The Kier molecular flexibility index (Phi) is 5.84. The molecule has 2 aliphatic rings. The van der Waals surface area contributed by atoms with Gasteiger partial charge in [0.2, 0.25) is 5.91 Å². The fraction of sp³-hybridized carbons (Fsp3) is 0.588. The fourth-order valence-electron chi connectivity index (χ4n) is 3.49. The third-order valence-corrected chi connectivity index (χ3v) is 4.90. The van der Waals surface area contributed by atoms with Crippen LogP contribution in [0.1, 0.15) is 24.0 Å². The Morgan fingerprint density at radius 1 is 1.32 bits per heavy atom. The molecular formula is C17H26ClN3O. The van der Waals surface area contributed by atoms with Crippen LogP contribution in [-0.2, 0) is 4.79 Å². The summed E-state index contributed by atoms with van der Waals surface area (Å²) in [6.07, 6.45) is 2.42. The van der Waals surface area contributed by atoms with Crippen molar-refractivity contribution >= 4 is 24.0 Å². The minimum absolute atomic E-state index is 0. The number of aryl methyl sites for hydroxylation is 2. The van der Waals surface area contributed by atoms with Crippen molar-refractivity contribution in [3.8, 4) is 0 Å². The fourth-order valence-corrected chi connectivity index (χ4v) is 3.49. The van der Waals surface area contributed by atoms with Gasteiger partial charge in [-0.05, 0) is 62.4 Å². The standard InChI is InChI=1S/C17H25N3O.ClH/c1-12-3-4-15(9-13(12)2)19-17(21)11-20-8-6-16-14(10-20)5-7-18-16;/h3-4,9,14,16,18H,5-8,10-11H2,1-2H3,(H,19,21);1H. The number of carbonyl (C=O) groups excluding carboxylic acids is 1. The third kappa shape index (κ3) is 4.00. The number of fused-ring (bicyclic) bond motifs is 1. The quantitative estimate of drug-likeness (QED) is 0.897. The van der Waals surface area contributed by atoms with Crippen LogP contribution >= 0.6 is 12.4 Å². The number of nitrogens with one attached hydrogen (secondary N) is 2. The van der Waals surface area contributed by atoms with Gasteiger partial charge in [-0.1, -0.05) is 6.07 Å². The second kappa shape index (κ2) is 7.44. The molecule has 0 spiro atoms. The molecule has 2 saturated heterocycles. The molecule has 0 saturated carbocycles. The number of hydrogen-bond acceptors (Lipinski definition) is 3. The van der Waals surface area contributed by atoms with Gasteiger partial charge in [0.1, 0.15) is 0 Å². The Morgan fingerprint density at radius 2 is 2.14 bits per heavy atom. The molecule has 3 rings (SSSR count). The first-order chi connectivity index (χ1) is 10.1. The van der Waals surface area contributed by atoms with Crippen molar-refractivity contribution in [1.82, 2.24) is 10.2 Å². The number of benzene rings is 1. The smallest absolute Gasteiger partial charge is 0.238 e. The van der Waals surface area contributed by atoms with Crippen molar-refractivity contribution in [3.05, 3.63) is 29.3 Å². The summed E-state index contributed by atoms with van der Waals surface area (Å²) in [5.74, 6) is 0.829. The zero-order valence-corrected chi connectivity index (χ0v) is 14.2. The predicted molar refractivity (Wildman–Crippen MR) is 92.7 cm³/mol. The molecule has 2 atom stereocenters. The van der Waals surface area contributed by atoms with E-state index in [1.807, 2.05) is 12.1 Å². The summed E-state index contributed by atoms with van der Waals surface area (Å²) in [7, 11) is 0. The van der Waals surface area contributed by atoms with Crippen LogP contribution in [0.3, 0.4) is 0 Å². The van der Waals surface area contributed by atoms with E-state index in [2.05, 4.69) is 35.4 Å². The van der Waals surface area contributed by atoms with Gasteiger partial charge in [0, 0.05) is 24.8 Å². The van der Waals surface area contributed by atoms with Crippen LogP contribution in [-0.4, -0.2) is 43.0 Å². The minimum atomic E-state index is 0. The largest absolute Gasteiger partial charge is 0.325 e. The SMILES string of the molecule is Cc1ccc(NC(=O)CN2CCC3NCCC3C2)cc1C.Cl. The summed E-state index contributed by atoms with van der Waals surface area (Å²) >= 11 is 0. The molecule has 2 N–H and O–H groups in total. The molecule has 2 fully saturated rings. The number of nitrogens with zero attached hydrogens (tertiary/aromatic N) is 1. The van der Waals surface area contributed by atoms with Gasteiger partial charge in [0.25, 0.3) is 0 Å². The van der Waals surface area contributed by atoms with Crippen LogP contribution in [0.25, 0.3) is 0 Å². The molecule has 0 radical (unpaired) electrons. The highest BCUT2D eigenvalue weighted by Gasteiger charge is 2.32. The Balaban J connectivity index is 0.00000176. The molecule has 5 heteroatoms. The van der Waals surface area contributed by atoms with Crippen molar-refractivity contribution in [2.75, 3.05) is 31.5 Å². The third-order valence-electron chi connectivity index (χ3n) is 4.90. The van der Waals surface area contributed by atoms with Gasteiger partial charge in [-0.25, -0.2) is 0 Å². The number of rotatable bonds is 3. The highest BCUT2D eigenvalue weighted by molar-refractivity contribution is 5.92. The summed E-state index contributed by atoms with van der Waals surface area (Å²) < 4.78 is 0. The minimum Gasteiger partial charge on any atom is -0.325 e. The normalized spacial score (nSPS) is 24.5. The molecule has 0 bridgehead atoms. The molecule has 1 amide bonds. The lowest BCUT2D eigenvalue weighted by Gasteiger charge is -2.34. The molecule has 2 unspecified atom stereocenters. The van der Waals surface area contributed by atoms with Crippen LogP contribution < -0.4 is 10.6 Å². The summed E-state index contributed by atoms with van der Waals surface area (Å²) in [5, 5.41) is 6.58. The summed E-state index contributed by atoms with van der Waals surface area (Å²) in [5.41, 5.74) is 3.37. The highest BCUT2D eigenvalue weighted by atomic mass is 35.5. The van der Waals surface area contributed by atoms with E-state index in [-0.39, 0.29) is 18.3 Å². The molecule has 1 aromatic rings. The maximum Gasteiger partial charge on any atom is 0.238 e. The van der Waals surface area contributed by atoms with E-state index in [4.69, 9.17) is 0 Å². The molecule has 4 nitrogen and oxygen atoms in total. The molecular weight excluding hydrogens is 298 g/mol. The van der Waals surface area contributed by atoms with E-state index in [1.165, 1.54) is 24.0 Å². The van der Waals surface area contributed by atoms with Crippen molar-refractivity contribution < 1.29 is 4.79 Å². The van der Waals surface area contributed by atoms with E-state index >= 15 is 0 Å². The highest BCUT2D eigenvalue weighted by Crippen LogP contribution is 2.24. The maximum atomic E-state index is 12.2. The van der Waals surface area contributed by atoms with Crippen molar-refractivity contribution in [2.24, 2.45) is 5.92 Å². The molecule has 1 aromatic carbocycles. The Hall–Kier alpha value is -1.10. The van der Waals surface area contributed by atoms with Crippen LogP contribution in [0.2, 0.25) is 0 Å². The van der Waals surface area contributed by atoms with Crippen LogP contribution in [0.4, 0.5) is 5.69 Å². The zero-order chi connectivity index (χ0) is 14.8. The van der Waals surface area contributed by atoms with E-state index in [1.54, 1.807) is 0 Å². The van der Waals surface area contributed by atoms with Crippen LogP contribution in [0.15, 0.2) is 18.2 Å². The molecule has 0 aromatic heterocycles. The molecule has 22 heavy (non-hydrogen) atoms. The van der Waals surface area contributed by atoms with Gasteiger partial charge >= 0.3 is 0 Å². The Labute approximate surface area is 139 Å². The topological polar surface area (TPSA) is 44.4 Å². The lowest BCUT2D eigenvalue weighted by Crippen LogP contribution is -2.46. The van der Waals surface area contributed by atoms with Gasteiger partial charge in [0.05, 0.1) is 6.54 Å². The van der Waals surface area contributed by atoms with Gasteiger partial charge in [-0.2, -0.15) is 0 Å². The lowest BCUT2D eigenvalue weighted by molar-refractivity contribution is -0.117. The summed E-state index contributed by atoms with van der Waals surface area (Å²) in [6, 6.07) is 6.76. The van der Waals surface area contributed by atoms with Crippen molar-refractivity contribution in [3.63, 3.8) is 0 Å². The van der Waals surface area contributed by atoms with Crippen molar-refractivity contribution in [1.29, 1.82) is 0 Å². The zero-order valence-electron chi connectivity index (χ0n) is 13.4. The van der Waals surface area contributed by atoms with E-state index < -0.39 is 0 Å². The maximum absolute atomic E-state index is 12.2. The number of hydrogen-bond donors (Lipinski definition) is 2. The monoisotopic (exact) mass is 323 g/mol.